The van der Waals surface area contributed by atoms with Crippen LogP contribution in [0.1, 0.15) is 11.1 Å². The smallest absolute Gasteiger partial charge is 0.131 e. The molecule has 0 radical (unpaired) electrons. The van der Waals surface area contributed by atoms with Gasteiger partial charge in [0.25, 0.3) is 0 Å². The lowest BCUT2D eigenvalue weighted by molar-refractivity contribution is 0.300. The van der Waals surface area contributed by atoms with Crippen molar-refractivity contribution in [3.05, 3.63) is 94.8 Å². The fraction of sp³-hybridized carbons (Fsp3) is 0.0500. The highest BCUT2D eigenvalue weighted by molar-refractivity contribution is 6.31. The number of benzene rings is 3. The van der Waals surface area contributed by atoms with Crippen molar-refractivity contribution < 1.29 is 9.13 Å². The molecule has 0 fully saturated rings. The van der Waals surface area contributed by atoms with E-state index in [0.29, 0.717) is 16.3 Å². The van der Waals surface area contributed by atoms with Gasteiger partial charge in [-0.25, -0.2) is 4.39 Å². The number of ether oxygens (including phenoxy) is 1. The predicted octanol–water partition coefficient (Wildman–Crippen LogP) is 5.50. The monoisotopic (exact) mass is 354 g/mol. The summed E-state index contributed by atoms with van der Waals surface area (Å²) in [7, 11) is 0. The van der Waals surface area contributed by atoms with E-state index < -0.39 is 0 Å². The van der Waals surface area contributed by atoms with Crippen LogP contribution in [0.3, 0.4) is 0 Å². The molecule has 5 heteroatoms. The Morgan fingerprint density at radius 1 is 0.960 bits per heavy atom. The molecule has 0 aliphatic rings. The van der Waals surface area contributed by atoms with Crippen LogP contribution in [0.25, 0.3) is 0 Å². The number of halogens is 2. The minimum Gasteiger partial charge on any atom is -0.489 e. The molecule has 0 heterocycles. The zero-order valence-electron chi connectivity index (χ0n) is 13.3. The van der Waals surface area contributed by atoms with Crippen molar-refractivity contribution in [3.8, 4) is 5.75 Å². The van der Waals surface area contributed by atoms with E-state index in [1.165, 1.54) is 6.07 Å². The lowest BCUT2D eigenvalue weighted by Gasteiger charge is -2.09. The molecular weight excluding hydrogens is 339 g/mol. The number of hydrazone groups is 1. The lowest BCUT2D eigenvalue weighted by Crippen LogP contribution is -1.99. The highest BCUT2D eigenvalue weighted by Gasteiger charge is 2.07. The Hall–Kier alpha value is -2.85. The van der Waals surface area contributed by atoms with Gasteiger partial charge in [0.15, 0.2) is 0 Å². The van der Waals surface area contributed by atoms with Gasteiger partial charge in [-0.15, -0.1) is 0 Å². The average Bonchev–Trinajstić information content (AvgIpc) is 2.63. The maximum Gasteiger partial charge on any atom is 0.131 e. The Bertz CT molecular complexity index is 831. The quantitative estimate of drug-likeness (QED) is 0.468. The SMILES string of the molecule is Fc1cccc(Cl)c1COc1ccc(C=NNc2ccccc2)cc1. The first-order valence-electron chi connectivity index (χ1n) is 7.72. The van der Waals surface area contributed by atoms with Gasteiger partial charge >= 0.3 is 0 Å². The summed E-state index contributed by atoms with van der Waals surface area (Å²) < 4.78 is 19.3. The van der Waals surface area contributed by atoms with E-state index >= 15 is 0 Å². The van der Waals surface area contributed by atoms with Crippen molar-refractivity contribution in [2.45, 2.75) is 6.61 Å². The molecule has 0 spiro atoms. The predicted molar refractivity (Wildman–Crippen MR) is 99.8 cm³/mol. The summed E-state index contributed by atoms with van der Waals surface area (Å²) in [5, 5.41) is 4.53. The summed E-state index contributed by atoms with van der Waals surface area (Å²) in [4.78, 5) is 0. The Balaban J connectivity index is 1.57. The van der Waals surface area contributed by atoms with Crippen LogP contribution < -0.4 is 10.2 Å². The molecule has 0 bridgehead atoms. The second-order valence-electron chi connectivity index (χ2n) is 5.29. The topological polar surface area (TPSA) is 33.6 Å². The van der Waals surface area contributed by atoms with Crippen LogP contribution in [0.5, 0.6) is 5.75 Å². The normalized spacial score (nSPS) is 10.8. The van der Waals surface area contributed by atoms with Gasteiger partial charge in [0.2, 0.25) is 0 Å². The van der Waals surface area contributed by atoms with Gasteiger partial charge in [0.05, 0.1) is 16.9 Å². The lowest BCUT2D eigenvalue weighted by atomic mass is 10.2. The van der Waals surface area contributed by atoms with Crippen LogP contribution in [0.4, 0.5) is 10.1 Å². The first-order chi connectivity index (χ1) is 12.2. The summed E-state index contributed by atoms with van der Waals surface area (Å²) in [5.41, 5.74) is 5.13. The molecule has 0 aromatic heterocycles. The molecule has 3 aromatic rings. The summed E-state index contributed by atoms with van der Waals surface area (Å²) in [6.45, 7) is 0.0779. The highest BCUT2D eigenvalue weighted by atomic mass is 35.5. The van der Waals surface area contributed by atoms with Crippen molar-refractivity contribution >= 4 is 23.5 Å². The van der Waals surface area contributed by atoms with E-state index in [1.807, 2.05) is 42.5 Å². The molecule has 3 rings (SSSR count). The Labute approximate surface area is 150 Å². The number of anilines is 1. The minimum absolute atomic E-state index is 0.0779. The summed E-state index contributed by atoms with van der Waals surface area (Å²) in [6.07, 6.45) is 1.71. The van der Waals surface area contributed by atoms with Crippen LogP contribution in [0, 0.1) is 5.82 Å². The third-order valence-corrected chi connectivity index (χ3v) is 3.86. The van der Waals surface area contributed by atoms with E-state index in [0.717, 1.165) is 11.3 Å². The highest BCUT2D eigenvalue weighted by Crippen LogP contribution is 2.21. The van der Waals surface area contributed by atoms with Crippen LogP contribution >= 0.6 is 11.6 Å². The Kier molecular flexibility index (Phi) is 5.65. The van der Waals surface area contributed by atoms with Gasteiger partial charge in [0.1, 0.15) is 18.2 Å². The molecule has 25 heavy (non-hydrogen) atoms. The van der Waals surface area contributed by atoms with E-state index in [1.54, 1.807) is 30.5 Å². The molecule has 0 unspecified atom stereocenters. The van der Waals surface area contributed by atoms with Crippen LogP contribution in [0.2, 0.25) is 5.02 Å². The van der Waals surface area contributed by atoms with Crippen molar-refractivity contribution in [1.29, 1.82) is 0 Å². The Morgan fingerprint density at radius 3 is 2.44 bits per heavy atom. The van der Waals surface area contributed by atoms with Gasteiger partial charge in [-0.05, 0) is 54.1 Å². The summed E-state index contributed by atoms with van der Waals surface area (Å²) in [6, 6.07) is 21.6. The third-order valence-electron chi connectivity index (χ3n) is 3.51. The molecule has 126 valence electrons. The molecule has 0 atom stereocenters. The average molecular weight is 355 g/mol. The van der Waals surface area contributed by atoms with Gasteiger partial charge in [0, 0.05) is 5.56 Å². The van der Waals surface area contributed by atoms with E-state index in [2.05, 4.69) is 10.5 Å². The largest absolute Gasteiger partial charge is 0.489 e. The van der Waals surface area contributed by atoms with Gasteiger partial charge < -0.3 is 4.74 Å². The molecule has 0 amide bonds. The van der Waals surface area contributed by atoms with Crippen molar-refractivity contribution in [3.63, 3.8) is 0 Å². The number of nitrogens with zero attached hydrogens (tertiary/aromatic N) is 1. The van der Waals surface area contributed by atoms with Gasteiger partial charge in [-0.2, -0.15) is 5.10 Å². The van der Waals surface area contributed by atoms with Crippen molar-refractivity contribution in [2.24, 2.45) is 5.10 Å². The number of hydrogen-bond donors (Lipinski definition) is 1. The first kappa shape index (κ1) is 17.0. The van der Waals surface area contributed by atoms with Crippen LogP contribution in [0.15, 0.2) is 77.9 Å². The number of hydrogen-bond acceptors (Lipinski definition) is 3. The molecular formula is C20H16ClFN2O. The third kappa shape index (κ3) is 4.81. The minimum atomic E-state index is -0.372. The molecule has 0 saturated carbocycles. The van der Waals surface area contributed by atoms with Crippen LogP contribution in [-0.4, -0.2) is 6.21 Å². The second kappa shape index (κ2) is 8.31. The zero-order chi connectivity index (χ0) is 17.5. The molecule has 1 N–H and O–H groups in total. The number of para-hydroxylation sites is 1. The summed E-state index contributed by atoms with van der Waals surface area (Å²) in [5.74, 6) is 0.260. The fourth-order valence-corrected chi connectivity index (χ4v) is 2.39. The van der Waals surface area contributed by atoms with Crippen LogP contribution in [-0.2, 0) is 6.61 Å². The maximum atomic E-state index is 13.7. The molecule has 3 aromatic carbocycles. The summed E-state index contributed by atoms with van der Waals surface area (Å²) >= 11 is 5.98. The maximum absolute atomic E-state index is 13.7. The Morgan fingerprint density at radius 2 is 1.72 bits per heavy atom. The van der Waals surface area contributed by atoms with Crippen molar-refractivity contribution in [2.75, 3.05) is 5.43 Å². The first-order valence-corrected chi connectivity index (χ1v) is 8.10. The van der Waals surface area contributed by atoms with E-state index in [-0.39, 0.29) is 12.4 Å². The standard InChI is InChI=1S/C20H16ClFN2O/c21-19-7-4-8-20(22)18(19)14-25-17-11-9-15(10-12-17)13-23-24-16-5-2-1-3-6-16/h1-13,24H,14H2. The van der Waals surface area contributed by atoms with E-state index in [9.17, 15) is 4.39 Å². The number of nitrogens with one attached hydrogen (secondary N) is 1. The molecule has 0 aliphatic heterocycles. The van der Waals surface area contributed by atoms with Crippen molar-refractivity contribution in [1.82, 2.24) is 0 Å². The van der Waals surface area contributed by atoms with Gasteiger partial charge in [-0.3, -0.25) is 5.43 Å². The van der Waals surface area contributed by atoms with E-state index in [4.69, 9.17) is 16.3 Å². The second-order valence-corrected chi connectivity index (χ2v) is 5.70. The fourth-order valence-electron chi connectivity index (χ4n) is 2.17. The zero-order valence-corrected chi connectivity index (χ0v) is 14.1. The molecule has 0 aliphatic carbocycles. The van der Waals surface area contributed by atoms with Gasteiger partial charge in [-0.1, -0.05) is 35.9 Å². The molecule has 3 nitrogen and oxygen atoms in total. The number of rotatable bonds is 6. The molecule has 0 saturated heterocycles.